The van der Waals surface area contributed by atoms with E-state index in [9.17, 15) is 4.79 Å². The Morgan fingerprint density at radius 2 is 2.14 bits per heavy atom. The Morgan fingerprint density at radius 1 is 1.38 bits per heavy atom. The maximum atomic E-state index is 12.4. The molecule has 1 unspecified atom stereocenters. The fraction of sp³-hybridized carbons (Fsp3) is 0.400. The molecule has 112 valence electrons. The predicted molar refractivity (Wildman–Crippen MR) is 85.9 cm³/mol. The van der Waals surface area contributed by atoms with E-state index in [1.54, 1.807) is 17.5 Å². The van der Waals surface area contributed by atoms with Gasteiger partial charge in [-0.1, -0.05) is 0 Å². The molecule has 2 heterocycles. The topological polar surface area (TPSA) is 66.9 Å². The minimum absolute atomic E-state index is 0.119. The predicted octanol–water partition coefficient (Wildman–Crippen LogP) is 3.08. The second-order valence-corrected chi connectivity index (χ2v) is 5.81. The van der Waals surface area contributed by atoms with Crippen molar-refractivity contribution in [1.29, 1.82) is 0 Å². The zero-order valence-corrected chi connectivity index (χ0v) is 13.5. The van der Waals surface area contributed by atoms with Gasteiger partial charge in [0, 0.05) is 29.5 Å². The molecule has 0 spiro atoms. The van der Waals surface area contributed by atoms with Crippen LogP contribution in [-0.2, 0) is 0 Å². The Balaban J connectivity index is 2.16. The van der Waals surface area contributed by atoms with Crippen LogP contribution in [0.5, 0.6) is 0 Å². The van der Waals surface area contributed by atoms with Gasteiger partial charge in [-0.05, 0) is 33.8 Å². The van der Waals surface area contributed by atoms with Crippen molar-refractivity contribution >= 4 is 22.9 Å². The highest BCUT2D eigenvalue weighted by molar-refractivity contribution is 7.09. The first-order valence-electron chi connectivity index (χ1n) is 6.94. The van der Waals surface area contributed by atoms with Gasteiger partial charge in [0.05, 0.1) is 17.3 Å². The van der Waals surface area contributed by atoms with Crippen LogP contribution in [0, 0.1) is 13.8 Å². The van der Waals surface area contributed by atoms with Gasteiger partial charge in [0.25, 0.3) is 5.91 Å². The summed E-state index contributed by atoms with van der Waals surface area (Å²) in [7, 11) is 0. The number of aryl methyl sites for hydroxylation is 2. The molecule has 0 aliphatic carbocycles. The van der Waals surface area contributed by atoms with Gasteiger partial charge in [-0.25, -0.2) is 4.98 Å². The van der Waals surface area contributed by atoms with Gasteiger partial charge in [-0.3, -0.25) is 9.78 Å². The zero-order valence-electron chi connectivity index (χ0n) is 12.7. The summed E-state index contributed by atoms with van der Waals surface area (Å²) in [5.41, 5.74) is 3.22. The Bertz CT molecular complexity index is 638. The summed E-state index contributed by atoms with van der Waals surface area (Å²) in [5.74, 6) is -0.140. The SMILES string of the molecule is CCNc1cc(C)ncc1C(=O)NC(C)c1nc(C)cs1. The van der Waals surface area contributed by atoms with Crippen LogP contribution >= 0.6 is 11.3 Å². The number of nitrogens with zero attached hydrogens (tertiary/aromatic N) is 2. The molecular weight excluding hydrogens is 284 g/mol. The van der Waals surface area contributed by atoms with Crippen molar-refractivity contribution in [2.45, 2.75) is 33.7 Å². The molecule has 0 saturated carbocycles. The van der Waals surface area contributed by atoms with E-state index in [1.807, 2.05) is 39.1 Å². The van der Waals surface area contributed by atoms with Gasteiger partial charge in [0.2, 0.25) is 0 Å². The van der Waals surface area contributed by atoms with Crippen LogP contribution in [0.4, 0.5) is 5.69 Å². The van der Waals surface area contributed by atoms with Crippen LogP contribution in [-0.4, -0.2) is 22.4 Å². The second kappa shape index (κ2) is 6.67. The molecule has 21 heavy (non-hydrogen) atoms. The van der Waals surface area contributed by atoms with Crippen molar-refractivity contribution in [3.05, 3.63) is 39.6 Å². The first-order chi connectivity index (χ1) is 10.0. The molecule has 0 bridgehead atoms. The van der Waals surface area contributed by atoms with Crippen LogP contribution in [0.15, 0.2) is 17.6 Å². The van der Waals surface area contributed by atoms with Crippen molar-refractivity contribution in [2.75, 3.05) is 11.9 Å². The number of thiazole rings is 1. The number of carbonyl (C=O) groups excluding carboxylic acids is 1. The van der Waals surface area contributed by atoms with Crippen molar-refractivity contribution in [3.63, 3.8) is 0 Å². The number of amides is 1. The molecule has 1 atom stereocenters. The van der Waals surface area contributed by atoms with E-state index in [-0.39, 0.29) is 11.9 Å². The van der Waals surface area contributed by atoms with E-state index in [0.29, 0.717) is 5.56 Å². The fourth-order valence-electron chi connectivity index (χ4n) is 1.98. The zero-order chi connectivity index (χ0) is 15.4. The van der Waals surface area contributed by atoms with Gasteiger partial charge in [0.1, 0.15) is 5.01 Å². The van der Waals surface area contributed by atoms with E-state index in [0.717, 1.165) is 28.6 Å². The van der Waals surface area contributed by atoms with Gasteiger partial charge >= 0.3 is 0 Å². The average molecular weight is 304 g/mol. The Labute approximate surface area is 128 Å². The number of carbonyl (C=O) groups is 1. The smallest absolute Gasteiger partial charge is 0.255 e. The molecule has 0 aromatic carbocycles. The first kappa shape index (κ1) is 15.4. The number of hydrogen-bond acceptors (Lipinski definition) is 5. The van der Waals surface area contributed by atoms with Crippen molar-refractivity contribution in [1.82, 2.24) is 15.3 Å². The van der Waals surface area contributed by atoms with Gasteiger partial charge in [-0.2, -0.15) is 0 Å². The lowest BCUT2D eigenvalue weighted by Crippen LogP contribution is -2.27. The summed E-state index contributed by atoms with van der Waals surface area (Å²) in [6.07, 6.45) is 1.61. The molecule has 0 aliphatic rings. The minimum atomic E-state index is -0.140. The van der Waals surface area contributed by atoms with Crippen molar-refractivity contribution in [3.8, 4) is 0 Å². The third kappa shape index (κ3) is 3.78. The van der Waals surface area contributed by atoms with Crippen molar-refractivity contribution < 1.29 is 4.79 Å². The maximum Gasteiger partial charge on any atom is 0.255 e. The van der Waals surface area contributed by atoms with Crippen LogP contribution in [0.2, 0.25) is 0 Å². The van der Waals surface area contributed by atoms with Gasteiger partial charge in [-0.15, -0.1) is 11.3 Å². The molecule has 1 amide bonds. The number of hydrogen-bond donors (Lipinski definition) is 2. The third-order valence-electron chi connectivity index (χ3n) is 3.01. The van der Waals surface area contributed by atoms with Gasteiger partial charge < -0.3 is 10.6 Å². The largest absolute Gasteiger partial charge is 0.385 e. The van der Waals surface area contributed by atoms with E-state index in [1.165, 1.54) is 0 Å². The molecule has 0 saturated heterocycles. The molecule has 0 radical (unpaired) electrons. The molecule has 5 nitrogen and oxygen atoms in total. The van der Waals surface area contributed by atoms with Crippen LogP contribution in [0.3, 0.4) is 0 Å². The Kier molecular flexibility index (Phi) is 4.90. The lowest BCUT2D eigenvalue weighted by molar-refractivity contribution is 0.0940. The lowest BCUT2D eigenvalue weighted by atomic mass is 10.2. The molecule has 2 rings (SSSR count). The van der Waals surface area contributed by atoms with E-state index in [4.69, 9.17) is 0 Å². The maximum absolute atomic E-state index is 12.4. The molecule has 2 aromatic rings. The molecule has 2 N–H and O–H groups in total. The van der Waals surface area contributed by atoms with Crippen LogP contribution in [0.1, 0.15) is 46.6 Å². The summed E-state index contributed by atoms with van der Waals surface area (Å²) in [6.45, 7) is 8.54. The summed E-state index contributed by atoms with van der Waals surface area (Å²) < 4.78 is 0. The monoisotopic (exact) mass is 304 g/mol. The van der Waals surface area contributed by atoms with E-state index >= 15 is 0 Å². The molecule has 0 fully saturated rings. The third-order valence-corrected chi connectivity index (χ3v) is 4.15. The van der Waals surface area contributed by atoms with Crippen molar-refractivity contribution in [2.24, 2.45) is 0 Å². The fourth-order valence-corrected chi connectivity index (χ4v) is 2.79. The first-order valence-corrected chi connectivity index (χ1v) is 7.82. The highest BCUT2D eigenvalue weighted by atomic mass is 32.1. The second-order valence-electron chi connectivity index (χ2n) is 4.92. The minimum Gasteiger partial charge on any atom is -0.385 e. The molecule has 0 aliphatic heterocycles. The molecular formula is C15H20N4OS. The number of pyridine rings is 1. The summed E-state index contributed by atoms with van der Waals surface area (Å²) in [6, 6.07) is 1.77. The number of nitrogens with one attached hydrogen (secondary N) is 2. The summed E-state index contributed by atoms with van der Waals surface area (Å²) in [5, 5.41) is 9.06. The van der Waals surface area contributed by atoms with Gasteiger partial charge in [0.15, 0.2) is 0 Å². The summed E-state index contributed by atoms with van der Waals surface area (Å²) in [4.78, 5) is 21.0. The Hall–Kier alpha value is -1.95. The van der Waals surface area contributed by atoms with E-state index < -0.39 is 0 Å². The number of aromatic nitrogens is 2. The lowest BCUT2D eigenvalue weighted by Gasteiger charge is -2.14. The highest BCUT2D eigenvalue weighted by Crippen LogP contribution is 2.20. The molecule has 2 aromatic heterocycles. The average Bonchev–Trinajstić information content (AvgIpc) is 2.86. The summed E-state index contributed by atoms with van der Waals surface area (Å²) >= 11 is 1.55. The van der Waals surface area contributed by atoms with Crippen LogP contribution < -0.4 is 10.6 Å². The van der Waals surface area contributed by atoms with Crippen LogP contribution in [0.25, 0.3) is 0 Å². The Morgan fingerprint density at radius 3 is 2.76 bits per heavy atom. The molecule has 6 heteroatoms. The number of rotatable bonds is 5. The van der Waals surface area contributed by atoms with E-state index in [2.05, 4.69) is 20.6 Å². The quantitative estimate of drug-likeness (QED) is 0.891. The normalized spacial score (nSPS) is 12.0. The highest BCUT2D eigenvalue weighted by Gasteiger charge is 2.17. The number of anilines is 1. The standard InChI is InChI=1S/C15H20N4OS/c1-5-16-13-6-9(2)17-7-12(13)14(20)19-11(4)15-18-10(3)8-21-15/h6-8,11H,5H2,1-4H3,(H,16,17)(H,19,20).